The lowest BCUT2D eigenvalue weighted by Crippen LogP contribution is -2.36. The summed E-state index contributed by atoms with van der Waals surface area (Å²) in [4.78, 5) is 11.8. The van der Waals surface area contributed by atoms with Gasteiger partial charge >= 0.3 is 0 Å². The van der Waals surface area contributed by atoms with Crippen LogP contribution in [0.1, 0.15) is 30.6 Å². The third-order valence-corrected chi connectivity index (χ3v) is 2.88. The van der Waals surface area contributed by atoms with Crippen molar-refractivity contribution in [3.8, 4) is 0 Å². The van der Waals surface area contributed by atoms with Crippen LogP contribution in [0.3, 0.4) is 0 Å². The number of allylic oxidation sites excluding steroid dienone is 2. The Hall–Kier alpha value is -1.29. The minimum Gasteiger partial charge on any atom is -0.303 e. The number of amides is 1. The number of nitrogens with one attached hydrogen (secondary N) is 2. The number of carbonyl (C=O) groups excluding carboxylic acids is 1. The molecule has 0 unspecified atom stereocenters. The van der Waals surface area contributed by atoms with Crippen LogP contribution in [-0.2, 0) is 0 Å². The average molecular weight is 283 g/mol. The summed E-state index contributed by atoms with van der Waals surface area (Å²) in [7, 11) is 0. The molecule has 0 aromatic heterocycles. The SMILES string of the molecule is C/C=C(\CC)NNC(=O)c1ccccc1Br. The highest BCUT2D eigenvalue weighted by atomic mass is 79.9. The summed E-state index contributed by atoms with van der Waals surface area (Å²) in [5, 5.41) is 0. The second-order valence-electron chi connectivity index (χ2n) is 3.23. The van der Waals surface area contributed by atoms with E-state index in [2.05, 4.69) is 26.8 Å². The lowest BCUT2D eigenvalue weighted by Gasteiger charge is -2.10. The first-order chi connectivity index (χ1) is 7.69. The van der Waals surface area contributed by atoms with E-state index in [1.54, 1.807) is 6.07 Å². The van der Waals surface area contributed by atoms with Crippen molar-refractivity contribution in [2.75, 3.05) is 0 Å². The van der Waals surface area contributed by atoms with Crippen molar-refractivity contribution in [1.29, 1.82) is 0 Å². The zero-order valence-electron chi connectivity index (χ0n) is 9.38. The Balaban J connectivity index is 2.64. The molecule has 2 N–H and O–H groups in total. The molecule has 0 aliphatic rings. The molecule has 4 heteroatoms. The number of hydrogen-bond donors (Lipinski definition) is 2. The summed E-state index contributed by atoms with van der Waals surface area (Å²) in [6.07, 6.45) is 2.78. The molecule has 3 nitrogen and oxygen atoms in total. The number of rotatable bonds is 4. The van der Waals surface area contributed by atoms with Crippen molar-refractivity contribution >= 4 is 21.8 Å². The van der Waals surface area contributed by atoms with E-state index in [9.17, 15) is 4.79 Å². The smallest absolute Gasteiger partial charge is 0.270 e. The van der Waals surface area contributed by atoms with Gasteiger partial charge in [0.2, 0.25) is 0 Å². The summed E-state index contributed by atoms with van der Waals surface area (Å²) < 4.78 is 0.785. The zero-order chi connectivity index (χ0) is 12.0. The molecule has 16 heavy (non-hydrogen) atoms. The molecule has 1 rings (SSSR count). The molecule has 0 aliphatic heterocycles. The third-order valence-electron chi connectivity index (χ3n) is 2.18. The second kappa shape index (κ2) is 6.33. The van der Waals surface area contributed by atoms with Crippen LogP contribution < -0.4 is 10.9 Å². The number of carbonyl (C=O) groups is 1. The monoisotopic (exact) mass is 282 g/mol. The fraction of sp³-hybridized carbons (Fsp3) is 0.250. The molecule has 0 radical (unpaired) electrons. The molecule has 0 heterocycles. The summed E-state index contributed by atoms with van der Waals surface area (Å²) in [5.74, 6) is -0.153. The molecule has 0 fully saturated rings. The summed E-state index contributed by atoms with van der Waals surface area (Å²) in [6, 6.07) is 7.31. The van der Waals surface area contributed by atoms with Crippen LogP contribution in [0.5, 0.6) is 0 Å². The third kappa shape index (κ3) is 3.38. The van der Waals surface area contributed by atoms with Gasteiger partial charge in [-0.25, -0.2) is 0 Å². The molecule has 0 spiro atoms. The first-order valence-corrected chi connectivity index (χ1v) is 5.94. The van der Waals surface area contributed by atoms with Gasteiger partial charge in [0.05, 0.1) is 5.56 Å². The predicted molar refractivity (Wildman–Crippen MR) is 68.8 cm³/mol. The highest BCUT2D eigenvalue weighted by Gasteiger charge is 2.08. The molecule has 1 aromatic rings. The van der Waals surface area contributed by atoms with Crippen molar-refractivity contribution in [2.45, 2.75) is 20.3 Å². The lowest BCUT2D eigenvalue weighted by atomic mass is 10.2. The van der Waals surface area contributed by atoms with Crippen molar-refractivity contribution in [3.63, 3.8) is 0 Å². The van der Waals surface area contributed by atoms with Crippen LogP contribution in [0.15, 0.2) is 40.5 Å². The van der Waals surface area contributed by atoms with E-state index in [1.807, 2.05) is 38.1 Å². The van der Waals surface area contributed by atoms with Crippen LogP contribution in [-0.4, -0.2) is 5.91 Å². The predicted octanol–water partition coefficient (Wildman–Crippen LogP) is 3.00. The number of hydrogen-bond acceptors (Lipinski definition) is 2. The van der Waals surface area contributed by atoms with Crippen molar-refractivity contribution < 1.29 is 4.79 Å². The maximum absolute atomic E-state index is 11.8. The van der Waals surface area contributed by atoms with Gasteiger partial charge in [-0.05, 0) is 41.4 Å². The largest absolute Gasteiger partial charge is 0.303 e. The Labute approximate surface area is 104 Å². The molecule has 0 atom stereocenters. The quantitative estimate of drug-likeness (QED) is 0.834. The molecule has 0 saturated carbocycles. The van der Waals surface area contributed by atoms with Gasteiger partial charge in [-0.3, -0.25) is 10.2 Å². The van der Waals surface area contributed by atoms with Crippen LogP contribution in [0.25, 0.3) is 0 Å². The number of benzene rings is 1. The van der Waals surface area contributed by atoms with E-state index in [1.165, 1.54) is 0 Å². The standard InChI is InChI=1S/C12H15BrN2O/c1-3-9(4-2)14-15-12(16)10-7-5-6-8-11(10)13/h3,5-8,14H,4H2,1-2H3,(H,15,16)/b9-3+. The van der Waals surface area contributed by atoms with E-state index in [0.717, 1.165) is 16.6 Å². The van der Waals surface area contributed by atoms with E-state index in [4.69, 9.17) is 0 Å². The maximum atomic E-state index is 11.8. The summed E-state index contributed by atoms with van der Waals surface area (Å²) in [5.41, 5.74) is 7.14. The topological polar surface area (TPSA) is 41.1 Å². The zero-order valence-corrected chi connectivity index (χ0v) is 11.0. The van der Waals surface area contributed by atoms with Gasteiger partial charge < -0.3 is 5.43 Å². The Bertz CT molecular complexity index is 402. The normalized spacial score (nSPS) is 11.1. The number of halogens is 1. The highest BCUT2D eigenvalue weighted by molar-refractivity contribution is 9.10. The van der Waals surface area contributed by atoms with Crippen molar-refractivity contribution in [3.05, 3.63) is 46.1 Å². The fourth-order valence-electron chi connectivity index (χ4n) is 1.21. The van der Waals surface area contributed by atoms with Crippen molar-refractivity contribution in [1.82, 2.24) is 10.9 Å². The van der Waals surface area contributed by atoms with Gasteiger partial charge in [-0.2, -0.15) is 0 Å². The van der Waals surface area contributed by atoms with E-state index < -0.39 is 0 Å². The molecule has 1 amide bonds. The van der Waals surface area contributed by atoms with Crippen LogP contribution in [0, 0.1) is 0 Å². The first kappa shape index (κ1) is 12.8. The Kier molecular flexibility index (Phi) is 5.05. The highest BCUT2D eigenvalue weighted by Crippen LogP contribution is 2.15. The van der Waals surface area contributed by atoms with Gasteiger partial charge in [0.15, 0.2) is 0 Å². The lowest BCUT2D eigenvalue weighted by molar-refractivity contribution is 0.0937. The molecule has 1 aromatic carbocycles. The minimum atomic E-state index is -0.153. The van der Waals surface area contributed by atoms with Gasteiger partial charge in [-0.1, -0.05) is 25.1 Å². The summed E-state index contributed by atoms with van der Waals surface area (Å²) in [6.45, 7) is 3.95. The maximum Gasteiger partial charge on any atom is 0.270 e. The Morgan fingerprint density at radius 2 is 2.06 bits per heavy atom. The second-order valence-corrected chi connectivity index (χ2v) is 4.08. The molecule has 0 saturated heterocycles. The van der Waals surface area contributed by atoms with Gasteiger partial charge in [0.25, 0.3) is 5.91 Å². The van der Waals surface area contributed by atoms with Crippen LogP contribution >= 0.6 is 15.9 Å². The van der Waals surface area contributed by atoms with E-state index in [-0.39, 0.29) is 5.91 Å². The fourth-order valence-corrected chi connectivity index (χ4v) is 1.68. The van der Waals surface area contributed by atoms with Crippen LogP contribution in [0.2, 0.25) is 0 Å². The van der Waals surface area contributed by atoms with E-state index in [0.29, 0.717) is 5.56 Å². The number of hydrazine groups is 1. The Morgan fingerprint density at radius 1 is 1.38 bits per heavy atom. The summed E-state index contributed by atoms with van der Waals surface area (Å²) >= 11 is 3.33. The molecular weight excluding hydrogens is 268 g/mol. The average Bonchev–Trinajstić information content (AvgIpc) is 2.30. The molecular formula is C12H15BrN2O. The molecule has 86 valence electrons. The first-order valence-electron chi connectivity index (χ1n) is 5.15. The van der Waals surface area contributed by atoms with E-state index >= 15 is 0 Å². The van der Waals surface area contributed by atoms with Crippen molar-refractivity contribution in [2.24, 2.45) is 0 Å². The minimum absolute atomic E-state index is 0.153. The molecule has 0 bridgehead atoms. The van der Waals surface area contributed by atoms with Crippen LogP contribution in [0.4, 0.5) is 0 Å². The Morgan fingerprint density at radius 3 is 2.62 bits per heavy atom. The van der Waals surface area contributed by atoms with Gasteiger partial charge in [0, 0.05) is 10.2 Å². The van der Waals surface area contributed by atoms with Gasteiger partial charge in [-0.15, -0.1) is 0 Å². The molecule has 0 aliphatic carbocycles. The van der Waals surface area contributed by atoms with Gasteiger partial charge in [0.1, 0.15) is 0 Å².